The van der Waals surface area contributed by atoms with Crippen LogP contribution in [0.4, 0.5) is 0 Å². The average Bonchev–Trinajstić information content (AvgIpc) is 2.15. The van der Waals surface area contributed by atoms with Gasteiger partial charge < -0.3 is 10.1 Å². The van der Waals surface area contributed by atoms with Crippen LogP contribution in [0.5, 0.6) is 0 Å². The first-order chi connectivity index (χ1) is 6.18. The van der Waals surface area contributed by atoms with E-state index in [1.54, 1.807) is 0 Å². The zero-order valence-corrected chi connectivity index (χ0v) is 9.32. The van der Waals surface area contributed by atoms with Crippen molar-refractivity contribution in [3.63, 3.8) is 0 Å². The SMILES string of the molecule is CC1(C)SCC1NC1CCOCC1. The van der Waals surface area contributed by atoms with Gasteiger partial charge in [0.25, 0.3) is 0 Å². The van der Waals surface area contributed by atoms with Gasteiger partial charge in [0, 0.05) is 35.8 Å². The molecule has 76 valence electrons. The van der Waals surface area contributed by atoms with Gasteiger partial charge in [0.05, 0.1) is 0 Å². The summed E-state index contributed by atoms with van der Waals surface area (Å²) in [6.07, 6.45) is 2.38. The maximum absolute atomic E-state index is 5.34. The van der Waals surface area contributed by atoms with Gasteiger partial charge in [-0.1, -0.05) is 0 Å². The first-order valence-corrected chi connectivity index (χ1v) is 6.15. The van der Waals surface area contributed by atoms with Crippen molar-refractivity contribution in [1.29, 1.82) is 0 Å². The van der Waals surface area contributed by atoms with Crippen LogP contribution < -0.4 is 5.32 Å². The maximum Gasteiger partial charge on any atom is 0.0480 e. The molecule has 2 nitrogen and oxygen atoms in total. The van der Waals surface area contributed by atoms with E-state index in [0.29, 0.717) is 10.8 Å². The summed E-state index contributed by atoms with van der Waals surface area (Å²) >= 11 is 2.07. The minimum absolute atomic E-state index is 0.457. The third-order valence-corrected chi connectivity index (χ3v) is 4.65. The Morgan fingerprint density at radius 2 is 2.00 bits per heavy atom. The van der Waals surface area contributed by atoms with E-state index in [0.717, 1.165) is 19.3 Å². The van der Waals surface area contributed by atoms with E-state index in [1.165, 1.54) is 18.6 Å². The van der Waals surface area contributed by atoms with Crippen LogP contribution in [0.1, 0.15) is 26.7 Å². The van der Waals surface area contributed by atoms with E-state index in [1.807, 2.05) is 0 Å². The van der Waals surface area contributed by atoms with Gasteiger partial charge >= 0.3 is 0 Å². The lowest BCUT2D eigenvalue weighted by Gasteiger charge is -2.46. The number of thioether (sulfide) groups is 1. The Bertz CT molecular complexity index is 178. The fourth-order valence-electron chi connectivity index (χ4n) is 1.90. The summed E-state index contributed by atoms with van der Waals surface area (Å²) in [6, 6.07) is 1.43. The molecule has 0 radical (unpaired) electrons. The Kier molecular flexibility index (Phi) is 2.86. The Morgan fingerprint density at radius 3 is 2.46 bits per heavy atom. The van der Waals surface area contributed by atoms with E-state index >= 15 is 0 Å². The molecule has 0 saturated carbocycles. The molecule has 0 bridgehead atoms. The van der Waals surface area contributed by atoms with Crippen molar-refractivity contribution in [2.75, 3.05) is 19.0 Å². The van der Waals surface area contributed by atoms with Crippen LogP contribution in [0.3, 0.4) is 0 Å². The summed E-state index contributed by atoms with van der Waals surface area (Å²) in [5.74, 6) is 1.28. The van der Waals surface area contributed by atoms with Gasteiger partial charge in [0.15, 0.2) is 0 Å². The Labute approximate surface area is 84.8 Å². The smallest absolute Gasteiger partial charge is 0.0480 e. The zero-order valence-electron chi connectivity index (χ0n) is 8.51. The molecule has 0 amide bonds. The van der Waals surface area contributed by atoms with E-state index in [-0.39, 0.29) is 0 Å². The van der Waals surface area contributed by atoms with Crippen LogP contribution in [0.15, 0.2) is 0 Å². The molecule has 1 unspecified atom stereocenters. The molecule has 1 atom stereocenters. The Hall–Kier alpha value is 0.270. The Morgan fingerprint density at radius 1 is 1.31 bits per heavy atom. The molecular formula is C10H19NOS. The van der Waals surface area contributed by atoms with Gasteiger partial charge in [0.2, 0.25) is 0 Å². The highest BCUT2D eigenvalue weighted by molar-refractivity contribution is 8.02. The third kappa shape index (κ3) is 2.20. The minimum Gasteiger partial charge on any atom is -0.381 e. The Balaban J connectivity index is 1.77. The highest BCUT2D eigenvalue weighted by Gasteiger charge is 2.40. The molecule has 2 saturated heterocycles. The molecule has 0 aromatic heterocycles. The second-order valence-electron chi connectivity index (χ2n) is 4.52. The van der Waals surface area contributed by atoms with Crippen molar-refractivity contribution in [2.45, 2.75) is 43.5 Å². The van der Waals surface area contributed by atoms with Crippen LogP contribution >= 0.6 is 11.8 Å². The van der Waals surface area contributed by atoms with E-state index in [2.05, 4.69) is 30.9 Å². The predicted molar refractivity (Wildman–Crippen MR) is 57.3 cm³/mol. The van der Waals surface area contributed by atoms with Crippen molar-refractivity contribution < 1.29 is 4.74 Å². The molecule has 0 aromatic rings. The maximum atomic E-state index is 5.34. The largest absolute Gasteiger partial charge is 0.381 e. The van der Waals surface area contributed by atoms with E-state index in [4.69, 9.17) is 4.74 Å². The van der Waals surface area contributed by atoms with Gasteiger partial charge in [0.1, 0.15) is 0 Å². The molecule has 2 heterocycles. The van der Waals surface area contributed by atoms with Gasteiger partial charge in [-0.15, -0.1) is 0 Å². The van der Waals surface area contributed by atoms with Crippen LogP contribution in [-0.4, -0.2) is 35.8 Å². The van der Waals surface area contributed by atoms with Crippen molar-refractivity contribution in [1.82, 2.24) is 5.32 Å². The first-order valence-electron chi connectivity index (χ1n) is 5.16. The van der Waals surface area contributed by atoms with Crippen LogP contribution in [0.2, 0.25) is 0 Å². The number of hydrogen-bond acceptors (Lipinski definition) is 3. The summed E-state index contributed by atoms with van der Waals surface area (Å²) in [4.78, 5) is 0. The van der Waals surface area contributed by atoms with Gasteiger partial charge in [-0.05, 0) is 26.7 Å². The fourth-order valence-corrected chi connectivity index (χ4v) is 3.06. The molecule has 2 rings (SSSR count). The normalized spacial score (nSPS) is 34.2. The topological polar surface area (TPSA) is 21.3 Å². The molecule has 0 aliphatic carbocycles. The van der Waals surface area contributed by atoms with Gasteiger partial charge in [-0.25, -0.2) is 0 Å². The lowest BCUT2D eigenvalue weighted by Crippen LogP contribution is -2.58. The average molecular weight is 201 g/mol. The van der Waals surface area contributed by atoms with Crippen molar-refractivity contribution in [3.8, 4) is 0 Å². The lowest BCUT2D eigenvalue weighted by atomic mass is 10.00. The van der Waals surface area contributed by atoms with E-state index in [9.17, 15) is 0 Å². The second kappa shape index (κ2) is 3.79. The van der Waals surface area contributed by atoms with Crippen molar-refractivity contribution in [2.24, 2.45) is 0 Å². The quantitative estimate of drug-likeness (QED) is 0.734. The summed E-state index contributed by atoms with van der Waals surface area (Å²) in [5.41, 5.74) is 0. The molecule has 0 spiro atoms. The zero-order chi connectivity index (χ0) is 9.31. The summed E-state index contributed by atoms with van der Waals surface area (Å²) in [7, 11) is 0. The second-order valence-corrected chi connectivity index (χ2v) is 6.19. The molecule has 3 heteroatoms. The van der Waals surface area contributed by atoms with Crippen LogP contribution in [-0.2, 0) is 4.74 Å². The van der Waals surface area contributed by atoms with Crippen molar-refractivity contribution >= 4 is 11.8 Å². The molecule has 13 heavy (non-hydrogen) atoms. The predicted octanol–water partition coefficient (Wildman–Crippen LogP) is 1.65. The standard InChI is InChI=1S/C10H19NOS/c1-10(2)9(7-13-10)11-8-3-5-12-6-4-8/h8-9,11H,3-7H2,1-2H3. The molecule has 0 aromatic carbocycles. The molecule has 2 fully saturated rings. The van der Waals surface area contributed by atoms with Gasteiger partial charge in [-0.2, -0.15) is 11.8 Å². The number of rotatable bonds is 2. The minimum atomic E-state index is 0.457. The fraction of sp³-hybridized carbons (Fsp3) is 1.00. The summed E-state index contributed by atoms with van der Waals surface area (Å²) in [5, 5.41) is 3.74. The summed E-state index contributed by atoms with van der Waals surface area (Å²) in [6.45, 7) is 6.55. The molecule has 1 N–H and O–H groups in total. The highest BCUT2D eigenvalue weighted by Crippen LogP contribution is 2.40. The third-order valence-electron chi connectivity index (χ3n) is 3.12. The number of nitrogens with one attached hydrogen (secondary N) is 1. The molecule has 2 aliphatic heterocycles. The molecular weight excluding hydrogens is 182 g/mol. The monoisotopic (exact) mass is 201 g/mol. The van der Waals surface area contributed by atoms with Gasteiger partial charge in [-0.3, -0.25) is 0 Å². The van der Waals surface area contributed by atoms with Crippen LogP contribution in [0.25, 0.3) is 0 Å². The number of hydrogen-bond donors (Lipinski definition) is 1. The van der Waals surface area contributed by atoms with E-state index < -0.39 is 0 Å². The van der Waals surface area contributed by atoms with Crippen molar-refractivity contribution in [3.05, 3.63) is 0 Å². The number of ether oxygens (including phenoxy) is 1. The molecule has 2 aliphatic rings. The van der Waals surface area contributed by atoms with Crippen LogP contribution in [0, 0.1) is 0 Å². The lowest BCUT2D eigenvalue weighted by molar-refractivity contribution is 0.0739. The first kappa shape index (κ1) is 9.81. The summed E-state index contributed by atoms with van der Waals surface area (Å²) < 4.78 is 5.80. The highest BCUT2D eigenvalue weighted by atomic mass is 32.2.